The van der Waals surface area contributed by atoms with Gasteiger partial charge in [-0.2, -0.15) is 0 Å². The van der Waals surface area contributed by atoms with Gasteiger partial charge in [-0.15, -0.1) is 0 Å². The third-order valence-electron chi connectivity index (χ3n) is 3.53. The highest BCUT2D eigenvalue weighted by molar-refractivity contribution is 7.91. The lowest BCUT2D eigenvalue weighted by Gasteiger charge is -2.32. The van der Waals surface area contributed by atoms with Crippen LogP contribution in [-0.4, -0.2) is 56.2 Å². The first-order chi connectivity index (χ1) is 9.14. The first kappa shape index (κ1) is 17.4. The second-order valence-electron chi connectivity index (χ2n) is 6.47. The van der Waals surface area contributed by atoms with Crippen LogP contribution in [0.3, 0.4) is 0 Å². The van der Waals surface area contributed by atoms with E-state index in [0.29, 0.717) is 13.0 Å². The van der Waals surface area contributed by atoms with Gasteiger partial charge in [-0.25, -0.2) is 8.42 Å². The zero-order valence-corrected chi connectivity index (χ0v) is 13.3. The van der Waals surface area contributed by atoms with Gasteiger partial charge in [0.2, 0.25) is 5.91 Å². The molecule has 1 rings (SSSR count). The van der Waals surface area contributed by atoms with E-state index in [1.165, 1.54) is 0 Å². The van der Waals surface area contributed by atoms with Gasteiger partial charge in [-0.1, -0.05) is 20.8 Å². The summed E-state index contributed by atoms with van der Waals surface area (Å²) in [6.07, 6.45) is 0.642. The fourth-order valence-electron chi connectivity index (χ4n) is 2.33. The molecule has 2 atom stereocenters. The molecule has 0 radical (unpaired) electrons. The van der Waals surface area contributed by atoms with Crippen LogP contribution < -0.4 is 10.6 Å². The summed E-state index contributed by atoms with van der Waals surface area (Å²) < 4.78 is 23.0. The monoisotopic (exact) mass is 306 g/mol. The van der Waals surface area contributed by atoms with Crippen molar-refractivity contribution in [2.45, 2.75) is 45.7 Å². The molecule has 1 heterocycles. The number of hydrogen-bond acceptors (Lipinski definition) is 5. The number of amides is 1. The lowest BCUT2D eigenvalue weighted by molar-refractivity contribution is -0.123. The van der Waals surface area contributed by atoms with Crippen LogP contribution in [0.25, 0.3) is 0 Å². The molecule has 1 amide bonds. The smallest absolute Gasteiger partial charge is 0.221 e. The van der Waals surface area contributed by atoms with E-state index in [-0.39, 0.29) is 47.9 Å². The van der Waals surface area contributed by atoms with Crippen molar-refractivity contribution in [3.05, 3.63) is 0 Å². The zero-order chi connectivity index (χ0) is 15.4. The maximum absolute atomic E-state index is 12.0. The van der Waals surface area contributed by atoms with Crippen LogP contribution >= 0.6 is 0 Å². The van der Waals surface area contributed by atoms with Crippen molar-refractivity contribution in [3.8, 4) is 0 Å². The van der Waals surface area contributed by atoms with E-state index in [1.54, 1.807) is 0 Å². The minimum atomic E-state index is -3.03. The highest BCUT2D eigenvalue weighted by Crippen LogP contribution is 2.21. The third kappa shape index (κ3) is 5.76. The van der Waals surface area contributed by atoms with Crippen LogP contribution in [0.2, 0.25) is 0 Å². The van der Waals surface area contributed by atoms with Gasteiger partial charge in [0.1, 0.15) is 0 Å². The van der Waals surface area contributed by atoms with Gasteiger partial charge in [-0.3, -0.25) is 4.79 Å². The Bertz CT molecular complexity index is 428. The Hall–Kier alpha value is -0.660. The van der Waals surface area contributed by atoms with Gasteiger partial charge in [0.05, 0.1) is 11.5 Å². The number of nitrogens with one attached hydrogen (secondary N) is 2. The summed E-state index contributed by atoms with van der Waals surface area (Å²) in [5, 5.41) is 15.0. The molecule has 20 heavy (non-hydrogen) atoms. The molecule has 1 aliphatic rings. The van der Waals surface area contributed by atoms with E-state index in [1.807, 2.05) is 20.8 Å². The largest absolute Gasteiger partial charge is 0.396 e. The van der Waals surface area contributed by atoms with Gasteiger partial charge < -0.3 is 15.7 Å². The van der Waals surface area contributed by atoms with Gasteiger partial charge in [-0.05, 0) is 11.8 Å². The second kappa shape index (κ2) is 6.87. The third-order valence-corrected chi connectivity index (χ3v) is 5.27. The summed E-state index contributed by atoms with van der Waals surface area (Å²) in [6, 6.07) is -0.441. The zero-order valence-electron chi connectivity index (χ0n) is 12.5. The lowest BCUT2D eigenvalue weighted by atomic mass is 9.85. The van der Waals surface area contributed by atoms with Gasteiger partial charge >= 0.3 is 0 Å². The average molecular weight is 306 g/mol. The molecule has 1 aliphatic heterocycles. The molecule has 0 aromatic carbocycles. The molecular formula is C13H26N2O4S. The lowest BCUT2D eigenvalue weighted by Crippen LogP contribution is -2.50. The van der Waals surface area contributed by atoms with Gasteiger partial charge in [0.15, 0.2) is 9.84 Å². The van der Waals surface area contributed by atoms with Crippen LogP contribution in [0.15, 0.2) is 0 Å². The highest BCUT2D eigenvalue weighted by atomic mass is 32.2. The predicted molar refractivity (Wildman–Crippen MR) is 78.2 cm³/mol. The minimum absolute atomic E-state index is 0.0122. The van der Waals surface area contributed by atoms with Crippen molar-refractivity contribution in [2.75, 3.05) is 24.7 Å². The normalized spacial score (nSPS) is 24.1. The van der Waals surface area contributed by atoms with Crippen molar-refractivity contribution < 1.29 is 18.3 Å². The molecule has 0 spiro atoms. The molecular weight excluding hydrogens is 280 g/mol. The quantitative estimate of drug-likeness (QED) is 0.647. The van der Waals surface area contributed by atoms with E-state index in [4.69, 9.17) is 5.11 Å². The van der Waals surface area contributed by atoms with E-state index in [2.05, 4.69) is 10.6 Å². The fourth-order valence-corrected chi connectivity index (χ4v) is 3.77. The molecule has 118 valence electrons. The Morgan fingerprint density at radius 2 is 2.10 bits per heavy atom. The average Bonchev–Trinajstić information content (AvgIpc) is 2.25. The molecule has 1 saturated heterocycles. The topological polar surface area (TPSA) is 95.5 Å². The maximum atomic E-state index is 12.0. The van der Waals surface area contributed by atoms with Crippen molar-refractivity contribution in [1.29, 1.82) is 0 Å². The predicted octanol–water partition coefficient (Wildman–Crippen LogP) is -0.324. The fraction of sp³-hybridized carbons (Fsp3) is 0.923. The standard InChI is InChI=1S/C13H26N2O4S/c1-13(2,3)11(4-6-16)15-12(17)8-10-9-20(18,19)7-5-14-10/h10-11,14,16H,4-9H2,1-3H3,(H,15,17). The summed E-state index contributed by atoms with van der Waals surface area (Å²) in [4.78, 5) is 12.0. The first-order valence-electron chi connectivity index (χ1n) is 6.98. The number of aliphatic hydroxyl groups excluding tert-OH is 1. The minimum Gasteiger partial charge on any atom is -0.396 e. The Kier molecular flexibility index (Phi) is 5.97. The number of hydrogen-bond donors (Lipinski definition) is 3. The molecule has 0 aliphatic carbocycles. The molecule has 1 fully saturated rings. The van der Waals surface area contributed by atoms with Crippen molar-refractivity contribution in [3.63, 3.8) is 0 Å². The molecule has 7 heteroatoms. The van der Waals surface area contributed by atoms with Crippen LogP contribution in [-0.2, 0) is 14.6 Å². The van der Waals surface area contributed by atoms with Gasteiger partial charge in [0.25, 0.3) is 0 Å². The van der Waals surface area contributed by atoms with Crippen molar-refractivity contribution in [1.82, 2.24) is 10.6 Å². The summed E-state index contributed by atoms with van der Waals surface area (Å²) in [6.45, 7) is 6.41. The van der Waals surface area contributed by atoms with Crippen LogP contribution in [0.5, 0.6) is 0 Å². The number of carbonyl (C=O) groups excluding carboxylic acids is 1. The summed E-state index contributed by atoms with van der Waals surface area (Å²) in [5.74, 6) is -0.0195. The van der Waals surface area contributed by atoms with Gasteiger partial charge in [0, 0.05) is 31.7 Å². The van der Waals surface area contributed by atoms with E-state index in [0.717, 1.165) is 0 Å². The number of carbonyl (C=O) groups is 1. The Morgan fingerprint density at radius 1 is 1.45 bits per heavy atom. The van der Waals surface area contributed by atoms with Crippen LogP contribution in [0, 0.1) is 5.41 Å². The van der Waals surface area contributed by atoms with Crippen molar-refractivity contribution in [2.24, 2.45) is 5.41 Å². The molecule has 0 saturated carbocycles. The number of sulfone groups is 1. The Morgan fingerprint density at radius 3 is 2.60 bits per heavy atom. The van der Waals surface area contributed by atoms with Crippen LogP contribution in [0.4, 0.5) is 0 Å². The molecule has 2 unspecified atom stereocenters. The summed E-state index contributed by atoms with van der Waals surface area (Å²) in [5.41, 5.74) is -0.148. The second-order valence-corrected chi connectivity index (χ2v) is 8.70. The van der Waals surface area contributed by atoms with Crippen molar-refractivity contribution >= 4 is 15.7 Å². The van der Waals surface area contributed by atoms with E-state index >= 15 is 0 Å². The molecule has 0 aromatic heterocycles. The SMILES string of the molecule is CC(C)(C)C(CCO)NC(=O)CC1CS(=O)(=O)CCN1. The molecule has 3 N–H and O–H groups in total. The maximum Gasteiger partial charge on any atom is 0.221 e. The summed E-state index contributed by atoms with van der Waals surface area (Å²) in [7, 11) is -3.03. The first-order valence-corrected chi connectivity index (χ1v) is 8.80. The number of aliphatic hydroxyl groups is 1. The molecule has 0 bridgehead atoms. The summed E-state index contributed by atoms with van der Waals surface area (Å²) >= 11 is 0. The Balaban J connectivity index is 2.53. The molecule has 0 aromatic rings. The molecule has 6 nitrogen and oxygen atoms in total. The van der Waals surface area contributed by atoms with Crippen LogP contribution in [0.1, 0.15) is 33.6 Å². The highest BCUT2D eigenvalue weighted by Gasteiger charge is 2.29. The van der Waals surface area contributed by atoms with E-state index < -0.39 is 9.84 Å². The number of rotatable bonds is 5. The Labute approximate surface area is 121 Å². The van der Waals surface area contributed by atoms with E-state index in [9.17, 15) is 13.2 Å².